The molecule has 1 N–H and O–H groups in total. The summed E-state index contributed by atoms with van der Waals surface area (Å²) in [7, 11) is 0. The first-order valence-corrected chi connectivity index (χ1v) is 8.91. The molecule has 3 rings (SSSR count). The number of carbonyl (C=O) groups excluding carboxylic acids is 1. The van der Waals surface area contributed by atoms with E-state index in [9.17, 15) is 18.0 Å². The van der Waals surface area contributed by atoms with Gasteiger partial charge in [0.2, 0.25) is 5.91 Å². The second kappa shape index (κ2) is 8.34. The van der Waals surface area contributed by atoms with Crippen LogP contribution in [0, 0.1) is 0 Å². The molecule has 9 heteroatoms. The van der Waals surface area contributed by atoms with E-state index in [0.717, 1.165) is 11.1 Å². The predicted molar refractivity (Wildman–Crippen MR) is 94.6 cm³/mol. The van der Waals surface area contributed by atoms with E-state index >= 15 is 0 Å². The van der Waals surface area contributed by atoms with Gasteiger partial charge >= 0.3 is 6.18 Å². The van der Waals surface area contributed by atoms with Crippen molar-refractivity contribution in [1.82, 2.24) is 10.3 Å². The molecule has 0 saturated carbocycles. The van der Waals surface area contributed by atoms with Crippen LogP contribution in [0.3, 0.4) is 0 Å². The highest BCUT2D eigenvalue weighted by molar-refractivity contribution is 7.99. The lowest BCUT2D eigenvalue weighted by molar-refractivity contribution is -0.153. The number of aromatic nitrogens is 1. The van der Waals surface area contributed by atoms with Gasteiger partial charge in [-0.25, -0.2) is 4.98 Å². The largest absolute Gasteiger partial charge is 0.484 e. The van der Waals surface area contributed by atoms with Gasteiger partial charge in [0.25, 0.3) is 5.22 Å². The first-order valence-electron chi connectivity index (χ1n) is 7.93. The van der Waals surface area contributed by atoms with Crippen LogP contribution in [0.1, 0.15) is 5.56 Å². The minimum Gasteiger partial charge on any atom is -0.484 e. The maximum absolute atomic E-state index is 12.1. The molecule has 142 valence electrons. The van der Waals surface area contributed by atoms with Gasteiger partial charge in [-0.2, -0.15) is 13.2 Å². The number of thioether (sulfide) groups is 1. The van der Waals surface area contributed by atoms with Crippen molar-refractivity contribution in [2.24, 2.45) is 0 Å². The minimum atomic E-state index is -4.38. The Morgan fingerprint density at radius 2 is 1.89 bits per heavy atom. The molecule has 0 atom stereocenters. The summed E-state index contributed by atoms with van der Waals surface area (Å²) in [4.78, 5) is 16.2. The number of rotatable bonds is 7. The number of fused-ring (bicyclic) bond motifs is 1. The number of amides is 1. The zero-order valence-corrected chi connectivity index (χ0v) is 14.8. The molecule has 3 aromatic rings. The fraction of sp³-hybridized carbons (Fsp3) is 0.222. The van der Waals surface area contributed by atoms with Crippen LogP contribution >= 0.6 is 11.8 Å². The Morgan fingerprint density at radius 1 is 1.15 bits per heavy atom. The molecule has 0 spiro atoms. The van der Waals surface area contributed by atoms with Gasteiger partial charge < -0.3 is 14.5 Å². The van der Waals surface area contributed by atoms with E-state index in [2.05, 4.69) is 15.0 Å². The molecule has 0 fully saturated rings. The van der Waals surface area contributed by atoms with E-state index in [1.807, 2.05) is 18.2 Å². The number of oxazole rings is 1. The third kappa shape index (κ3) is 5.92. The summed E-state index contributed by atoms with van der Waals surface area (Å²) in [6.07, 6.45) is -4.38. The van der Waals surface area contributed by atoms with Crippen molar-refractivity contribution in [2.75, 3.05) is 12.4 Å². The molecule has 0 aliphatic heterocycles. The van der Waals surface area contributed by atoms with Crippen molar-refractivity contribution >= 4 is 28.8 Å². The zero-order valence-electron chi connectivity index (χ0n) is 14.0. The molecule has 0 radical (unpaired) electrons. The molecule has 1 aromatic heterocycles. The van der Waals surface area contributed by atoms with Crippen LogP contribution in [-0.2, 0) is 11.3 Å². The molecule has 1 heterocycles. The number of halogens is 3. The average molecular weight is 396 g/mol. The standard InChI is InChI=1S/C18H15F3N2O3S/c19-18(20,21)11-25-13-7-5-12(6-8-13)9-22-16(24)10-27-17-23-14-3-1-2-4-15(14)26-17/h1-8H,9-11H2,(H,22,24). The first kappa shape index (κ1) is 19.1. The summed E-state index contributed by atoms with van der Waals surface area (Å²) in [5.41, 5.74) is 2.14. The molecule has 0 bridgehead atoms. The predicted octanol–water partition coefficient (Wildman–Crippen LogP) is 4.18. The Balaban J connectivity index is 1.43. The third-order valence-corrected chi connectivity index (χ3v) is 4.24. The number of nitrogens with one attached hydrogen (secondary N) is 1. The fourth-order valence-corrected chi connectivity index (χ4v) is 2.83. The maximum Gasteiger partial charge on any atom is 0.422 e. The number of nitrogens with zero attached hydrogens (tertiary/aromatic N) is 1. The second-order valence-corrected chi connectivity index (χ2v) is 6.49. The summed E-state index contributed by atoms with van der Waals surface area (Å²) < 4.78 is 46.5. The Morgan fingerprint density at radius 3 is 2.59 bits per heavy atom. The van der Waals surface area contributed by atoms with Crippen molar-refractivity contribution < 1.29 is 27.1 Å². The summed E-state index contributed by atoms with van der Waals surface area (Å²) in [5, 5.41) is 3.14. The monoisotopic (exact) mass is 396 g/mol. The van der Waals surface area contributed by atoms with Crippen LogP contribution in [0.4, 0.5) is 13.2 Å². The van der Waals surface area contributed by atoms with Crippen molar-refractivity contribution in [2.45, 2.75) is 17.9 Å². The van der Waals surface area contributed by atoms with Crippen LogP contribution in [0.5, 0.6) is 5.75 Å². The highest BCUT2D eigenvalue weighted by atomic mass is 32.2. The molecular formula is C18H15F3N2O3S. The second-order valence-electron chi connectivity index (χ2n) is 5.56. The molecule has 5 nitrogen and oxygen atoms in total. The number of alkyl halides is 3. The molecule has 27 heavy (non-hydrogen) atoms. The molecule has 1 amide bonds. The first-order chi connectivity index (χ1) is 12.9. The fourth-order valence-electron chi connectivity index (χ4n) is 2.16. The van der Waals surface area contributed by atoms with Crippen molar-refractivity contribution in [3.05, 3.63) is 54.1 Å². The number of benzene rings is 2. The van der Waals surface area contributed by atoms with Crippen molar-refractivity contribution in [3.63, 3.8) is 0 Å². The van der Waals surface area contributed by atoms with E-state index in [4.69, 9.17) is 4.42 Å². The quantitative estimate of drug-likeness (QED) is 0.607. The van der Waals surface area contributed by atoms with Crippen LogP contribution in [0.15, 0.2) is 58.2 Å². The van der Waals surface area contributed by atoms with E-state index in [-0.39, 0.29) is 24.0 Å². The maximum atomic E-state index is 12.1. The molecule has 0 saturated heterocycles. The van der Waals surface area contributed by atoms with E-state index in [1.165, 1.54) is 23.9 Å². The van der Waals surface area contributed by atoms with Gasteiger partial charge in [0, 0.05) is 6.54 Å². The van der Waals surface area contributed by atoms with Crippen LogP contribution in [-0.4, -0.2) is 29.4 Å². The van der Waals surface area contributed by atoms with Crippen LogP contribution in [0.2, 0.25) is 0 Å². The highest BCUT2D eigenvalue weighted by Gasteiger charge is 2.28. The highest BCUT2D eigenvalue weighted by Crippen LogP contribution is 2.23. The lowest BCUT2D eigenvalue weighted by atomic mass is 10.2. The molecule has 0 unspecified atom stereocenters. The SMILES string of the molecule is O=C(CSc1nc2ccccc2o1)NCc1ccc(OCC(F)(F)F)cc1. The number of carbonyl (C=O) groups is 1. The van der Waals surface area contributed by atoms with Gasteiger partial charge in [-0.1, -0.05) is 36.0 Å². The zero-order chi connectivity index (χ0) is 19.3. The summed E-state index contributed by atoms with van der Waals surface area (Å²) in [6, 6.07) is 13.4. The normalized spacial score (nSPS) is 11.5. The number of hydrogen-bond acceptors (Lipinski definition) is 5. The van der Waals surface area contributed by atoms with Gasteiger partial charge in [-0.15, -0.1) is 0 Å². The van der Waals surface area contributed by atoms with Crippen LogP contribution < -0.4 is 10.1 Å². The topological polar surface area (TPSA) is 64.4 Å². The van der Waals surface area contributed by atoms with Gasteiger partial charge in [0.1, 0.15) is 11.3 Å². The number of para-hydroxylation sites is 2. The van der Waals surface area contributed by atoms with Gasteiger partial charge in [0.15, 0.2) is 12.2 Å². The van der Waals surface area contributed by atoms with Crippen LogP contribution in [0.25, 0.3) is 11.1 Å². The third-order valence-electron chi connectivity index (χ3n) is 3.42. The summed E-state index contributed by atoms with van der Waals surface area (Å²) in [6.45, 7) is -1.08. The Labute approximate surface area is 156 Å². The van der Waals surface area contributed by atoms with Gasteiger partial charge in [-0.3, -0.25) is 4.79 Å². The lowest BCUT2D eigenvalue weighted by Crippen LogP contribution is -2.24. The Hall–Kier alpha value is -2.68. The van der Waals surface area contributed by atoms with Gasteiger partial charge in [0.05, 0.1) is 5.75 Å². The Bertz CT molecular complexity index is 877. The molecule has 2 aromatic carbocycles. The van der Waals surface area contributed by atoms with E-state index < -0.39 is 12.8 Å². The summed E-state index contributed by atoms with van der Waals surface area (Å²) >= 11 is 1.18. The Kier molecular flexibility index (Phi) is 5.90. The van der Waals surface area contributed by atoms with Crippen molar-refractivity contribution in [3.8, 4) is 5.75 Å². The molecule has 0 aliphatic rings. The van der Waals surface area contributed by atoms with Crippen molar-refractivity contribution in [1.29, 1.82) is 0 Å². The molecular weight excluding hydrogens is 381 g/mol. The smallest absolute Gasteiger partial charge is 0.422 e. The lowest BCUT2D eigenvalue weighted by Gasteiger charge is -2.10. The number of hydrogen-bond donors (Lipinski definition) is 1. The van der Waals surface area contributed by atoms with E-state index in [0.29, 0.717) is 10.8 Å². The minimum absolute atomic E-state index is 0.119. The van der Waals surface area contributed by atoms with Gasteiger partial charge in [-0.05, 0) is 29.8 Å². The average Bonchev–Trinajstić information content (AvgIpc) is 3.06. The number of ether oxygens (including phenoxy) is 1. The van der Waals surface area contributed by atoms with E-state index in [1.54, 1.807) is 18.2 Å². The summed E-state index contributed by atoms with van der Waals surface area (Å²) in [5.74, 6) is 0.0492. The molecule has 0 aliphatic carbocycles.